The monoisotopic (exact) mass is 249 g/mol. The van der Waals surface area contributed by atoms with Crippen molar-refractivity contribution < 1.29 is 4.74 Å². The highest BCUT2D eigenvalue weighted by atomic mass is 35.5. The molecular formula is C14H16ClNO. The van der Waals surface area contributed by atoms with Gasteiger partial charge in [0.05, 0.1) is 0 Å². The third-order valence-electron chi connectivity index (χ3n) is 2.68. The van der Waals surface area contributed by atoms with Gasteiger partial charge in [-0.15, -0.1) is 0 Å². The SMILES string of the molecule is C=C(Cl)COc1ccc(C2=CCNCC2)cc1. The molecule has 0 saturated heterocycles. The Morgan fingerprint density at radius 1 is 1.35 bits per heavy atom. The largest absolute Gasteiger partial charge is 0.488 e. The predicted molar refractivity (Wildman–Crippen MR) is 72.4 cm³/mol. The van der Waals surface area contributed by atoms with Gasteiger partial charge in [0.25, 0.3) is 0 Å². The molecule has 1 aromatic rings. The Balaban J connectivity index is 2.02. The summed E-state index contributed by atoms with van der Waals surface area (Å²) in [5, 5.41) is 3.81. The number of hydrogen-bond acceptors (Lipinski definition) is 2. The smallest absolute Gasteiger partial charge is 0.123 e. The van der Waals surface area contributed by atoms with Crippen LogP contribution >= 0.6 is 11.6 Å². The van der Waals surface area contributed by atoms with Gasteiger partial charge < -0.3 is 10.1 Å². The van der Waals surface area contributed by atoms with Gasteiger partial charge in [0, 0.05) is 11.6 Å². The molecule has 2 rings (SSSR count). The van der Waals surface area contributed by atoms with Gasteiger partial charge in [-0.2, -0.15) is 0 Å². The highest BCUT2D eigenvalue weighted by Gasteiger charge is 2.05. The average Bonchev–Trinajstić information content (AvgIpc) is 2.38. The van der Waals surface area contributed by atoms with Crippen LogP contribution in [0, 0.1) is 0 Å². The lowest BCUT2D eigenvalue weighted by molar-refractivity contribution is 0.359. The molecule has 0 spiro atoms. The van der Waals surface area contributed by atoms with Gasteiger partial charge in [-0.25, -0.2) is 0 Å². The summed E-state index contributed by atoms with van der Waals surface area (Å²) < 4.78 is 5.45. The van der Waals surface area contributed by atoms with Gasteiger partial charge in [0.1, 0.15) is 12.4 Å². The second-order valence-corrected chi connectivity index (χ2v) is 4.55. The Morgan fingerprint density at radius 3 is 2.71 bits per heavy atom. The van der Waals surface area contributed by atoms with Gasteiger partial charge in [-0.1, -0.05) is 36.4 Å². The molecule has 0 aliphatic carbocycles. The van der Waals surface area contributed by atoms with Gasteiger partial charge in [0.2, 0.25) is 0 Å². The number of hydrogen-bond donors (Lipinski definition) is 1. The molecule has 0 aromatic heterocycles. The Hall–Kier alpha value is -1.25. The maximum absolute atomic E-state index is 5.65. The first-order valence-corrected chi connectivity index (χ1v) is 6.10. The standard InChI is InChI=1S/C14H16ClNO/c1-11(15)10-17-14-4-2-12(3-5-14)13-6-8-16-9-7-13/h2-6,16H,1,7-10H2. The zero-order valence-electron chi connectivity index (χ0n) is 9.71. The summed E-state index contributed by atoms with van der Waals surface area (Å²) in [7, 11) is 0. The van der Waals surface area contributed by atoms with E-state index in [0.717, 1.165) is 25.3 Å². The Morgan fingerprint density at radius 2 is 2.12 bits per heavy atom. The van der Waals surface area contributed by atoms with Crippen LogP contribution in [0.3, 0.4) is 0 Å². The van der Waals surface area contributed by atoms with Crippen molar-refractivity contribution in [3.63, 3.8) is 0 Å². The maximum atomic E-state index is 5.65. The lowest BCUT2D eigenvalue weighted by Gasteiger charge is -2.14. The van der Waals surface area contributed by atoms with E-state index in [0.29, 0.717) is 11.6 Å². The summed E-state index contributed by atoms with van der Waals surface area (Å²) in [6.45, 7) is 5.95. The van der Waals surface area contributed by atoms with Crippen LogP contribution in [0.1, 0.15) is 12.0 Å². The van der Waals surface area contributed by atoms with E-state index in [-0.39, 0.29) is 0 Å². The fraction of sp³-hybridized carbons (Fsp3) is 0.286. The number of rotatable bonds is 4. The van der Waals surface area contributed by atoms with Crippen molar-refractivity contribution in [1.29, 1.82) is 0 Å². The van der Waals surface area contributed by atoms with Gasteiger partial charge >= 0.3 is 0 Å². The molecule has 1 aromatic carbocycles. The highest BCUT2D eigenvalue weighted by Crippen LogP contribution is 2.22. The quantitative estimate of drug-likeness (QED) is 0.885. The molecule has 0 bridgehead atoms. The second kappa shape index (κ2) is 5.89. The van der Waals surface area contributed by atoms with Crippen LogP contribution in [-0.4, -0.2) is 19.7 Å². The molecule has 90 valence electrons. The third-order valence-corrected chi connectivity index (χ3v) is 2.79. The molecule has 0 fully saturated rings. The normalized spacial score (nSPS) is 15.2. The summed E-state index contributed by atoms with van der Waals surface area (Å²) in [5.41, 5.74) is 2.67. The Kier molecular flexibility index (Phi) is 4.24. The minimum absolute atomic E-state index is 0.355. The molecule has 1 aliphatic heterocycles. The zero-order chi connectivity index (χ0) is 12.1. The van der Waals surface area contributed by atoms with Crippen LogP contribution in [0.2, 0.25) is 0 Å². The van der Waals surface area contributed by atoms with Crippen molar-refractivity contribution in [1.82, 2.24) is 5.32 Å². The molecule has 1 aliphatic rings. The molecular weight excluding hydrogens is 234 g/mol. The number of nitrogens with one attached hydrogen (secondary N) is 1. The van der Waals surface area contributed by atoms with E-state index in [2.05, 4.69) is 30.1 Å². The van der Waals surface area contributed by atoms with E-state index in [4.69, 9.17) is 16.3 Å². The van der Waals surface area contributed by atoms with E-state index in [1.54, 1.807) is 0 Å². The minimum Gasteiger partial charge on any atom is -0.488 e. The van der Waals surface area contributed by atoms with Crippen molar-refractivity contribution >= 4 is 17.2 Å². The van der Waals surface area contributed by atoms with Crippen LogP contribution in [0.25, 0.3) is 5.57 Å². The molecule has 0 atom stereocenters. The molecule has 0 radical (unpaired) electrons. The fourth-order valence-corrected chi connectivity index (χ4v) is 1.87. The van der Waals surface area contributed by atoms with Crippen molar-refractivity contribution in [3.05, 3.63) is 47.5 Å². The summed E-state index contributed by atoms with van der Waals surface area (Å²) >= 11 is 5.65. The molecule has 0 saturated carbocycles. The summed E-state index contributed by atoms with van der Waals surface area (Å²) in [6.07, 6.45) is 3.32. The summed E-state index contributed by atoms with van der Waals surface area (Å²) in [4.78, 5) is 0. The Bertz CT molecular complexity index is 422. The summed E-state index contributed by atoms with van der Waals surface area (Å²) in [5.74, 6) is 0.824. The fourth-order valence-electron chi connectivity index (χ4n) is 1.81. The lowest BCUT2D eigenvalue weighted by atomic mass is 10.0. The van der Waals surface area contributed by atoms with E-state index >= 15 is 0 Å². The van der Waals surface area contributed by atoms with Gasteiger partial charge in [0.15, 0.2) is 0 Å². The van der Waals surface area contributed by atoms with Crippen molar-refractivity contribution in [2.45, 2.75) is 6.42 Å². The van der Waals surface area contributed by atoms with E-state index in [1.807, 2.05) is 12.1 Å². The van der Waals surface area contributed by atoms with E-state index in [9.17, 15) is 0 Å². The molecule has 0 unspecified atom stereocenters. The van der Waals surface area contributed by atoms with Crippen LogP contribution < -0.4 is 10.1 Å². The first-order valence-electron chi connectivity index (χ1n) is 5.72. The number of benzene rings is 1. The van der Waals surface area contributed by atoms with E-state index < -0.39 is 0 Å². The molecule has 2 nitrogen and oxygen atoms in total. The predicted octanol–water partition coefficient (Wildman–Crippen LogP) is 3.19. The molecule has 1 heterocycles. The maximum Gasteiger partial charge on any atom is 0.123 e. The number of halogens is 1. The third kappa shape index (κ3) is 3.62. The molecule has 1 N–H and O–H groups in total. The first kappa shape index (κ1) is 12.2. The first-order chi connectivity index (χ1) is 8.25. The van der Waals surface area contributed by atoms with Crippen LogP contribution in [0.4, 0.5) is 0 Å². The minimum atomic E-state index is 0.355. The number of ether oxygens (including phenoxy) is 1. The second-order valence-electron chi connectivity index (χ2n) is 4.01. The molecule has 17 heavy (non-hydrogen) atoms. The summed E-state index contributed by atoms with van der Waals surface area (Å²) in [6, 6.07) is 8.11. The topological polar surface area (TPSA) is 21.3 Å². The Labute approximate surface area is 107 Å². The lowest BCUT2D eigenvalue weighted by Crippen LogP contribution is -2.19. The van der Waals surface area contributed by atoms with Crippen LogP contribution in [0.5, 0.6) is 5.75 Å². The van der Waals surface area contributed by atoms with Crippen LogP contribution in [-0.2, 0) is 0 Å². The van der Waals surface area contributed by atoms with Crippen molar-refractivity contribution in [3.8, 4) is 5.75 Å². The van der Waals surface area contributed by atoms with Crippen molar-refractivity contribution in [2.75, 3.05) is 19.7 Å². The average molecular weight is 250 g/mol. The van der Waals surface area contributed by atoms with Gasteiger partial charge in [-0.05, 0) is 36.2 Å². The highest BCUT2D eigenvalue weighted by molar-refractivity contribution is 6.29. The van der Waals surface area contributed by atoms with E-state index in [1.165, 1.54) is 11.1 Å². The molecule has 0 amide bonds. The van der Waals surface area contributed by atoms with Crippen molar-refractivity contribution in [2.24, 2.45) is 0 Å². The zero-order valence-corrected chi connectivity index (χ0v) is 10.5. The van der Waals surface area contributed by atoms with Crippen LogP contribution in [0.15, 0.2) is 42.0 Å². The molecule has 3 heteroatoms. The van der Waals surface area contributed by atoms with Gasteiger partial charge in [-0.3, -0.25) is 0 Å².